The fourth-order valence-electron chi connectivity index (χ4n) is 1.93. The molecule has 0 saturated carbocycles. The van der Waals surface area contributed by atoms with Gasteiger partial charge in [-0.05, 0) is 46.6 Å². The molecule has 1 amide bonds. The Morgan fingerprint density at radius 3 is 2.81 bits per heavy atom. The zero-order valence-corrected chi connectivity index (χ0v) is 16.6. The van der Waals surface area contributed by atoms with E-state index >= 15 is 0 Å². The SMILES string of the molecule is Cc1ccc(OCC(=O)N/N=C\c2cc(Br)cc(Br)c2O)c([N+](=O)[O-])c1. The van der Waals surface area contributed by atoms with Crippen LogP contribution in [0.2, 0.25) is 0 Å². The van der Waals surface area contributed by atoms with E-state index in [-0.39, 0.29) is 17.2 Å². The molecular formula is C16H13Br2N3O5. The summed E-state index contributed by atoms with van der Waals surface area (Å²) >= 11 is 6.46. The number of nitrogens with zero attached hydrogens (tertiary/aromatic N) is 2. The summed E-state index contributed by atoms with van der Waals surface area (Å²) in [5.41, 5.74) is 3.09. The van der Waals surface area contributed by atoms with Crippen LogP contribution in [0.25, 0.3) is 0 Å². The van der Waals surface area contributed by atoms with Gasteiger partial charge in [0.2, 0.25) is 0 Å². The van der Waals surface area contributed by atoms with Crippen LogP contribution >= 0.6 is 31.9 Å². The molecule has 0 aromatic heterocycles. The van der Waals surface area contributed by atoms with Crippen LogP contribution in [-0.2, 0) is 4.79 Å². The van der Waals surface area contributed by atoms with Crippen LogP contribution in [0.5, 0.6) is 11.5 Å². The zero-order chi connectivity index (χ0) is 19.3. The lowest BCUT2D eigenvalue weighted by atomic mass is 10.2. The highest BCUT2D eigenvalue weighted by Crippen LogP contribution is 2.30. The minimum absolute atomic E-state index is 0.00621. The summed E-state index contributed by atoms with van der Waals surface area (Å²) in [5, 5.41) is 24.6. The number of hydrazone groups is 1. The van der Waals surface area contributed by atoms with Crippen molar-refractivity contribution in [3.05, 3.63) is 60.5 Å². The summed E-state index contributed by atoms with van der Waals surface area (Å²) in [4.78, 5) is 22.2. The summed E-state index contributed by atoms with van der Waals surface area (Å²) < 4.78 is 6.37. The van der Waals surface area contributed by atoms with E-state index in [1.807, 2.05) is 0 Å². The monoisotopic (exact) mass is 485 g/mol. The van der Waals surface area contributed by atoms with Gasteiger partial charge in [0.1, 0.15) is 5.75 Å². The minimum Gasteiger partial charge on any atom is -0.506 e. The molecular weight excluding hydrogens is 474 g/mol. The van der Waals surface area contributed by atoms with Crippen LogP contribution in [0, 0.1) is 17.0 Å². The molecule has 0 aliphatic heterocycles. The number of ether oxygens (including phenoxy) is 1. The molecule has 0 spiro atoms. The predicted octanol–water partition coefficient (Wildman–Crippen LogP) is 3.66. The number of aryl methyl sites for hydroxylation is 1. The summed E-state index contributed by atoms with van der Waals surface area (Å²) in [7, 11) is 0. The Kier molecular flexibility index (Phi) is 6.70. The lowest BCUT2D eigenvalue weighted by molar-refractivity contribution is -0.385. The van der Waals surface area contributed by atoms with Gasteiger partial charge in [0.25, 0.3) is 5.91 Å². The van der Waals surface area contributed by atoms with Gasteiger partial charge in [-0.2, -0.15) is 5.10 Å². The van der Waals surface area contributed by atoms with E-state index in [1.54, 1.807) is 25.1 Å². The van der Waals surface area contributed by atoms with Gasteiger partial charge in [0.15, 0.2) is 12.4 Å². The second-order valence-corrected chi connectivity index (χ2v) is 6.91. The molecule has 0 radical (unpaired) electrons. The smallest absolute Gasteiger partial charge is 0.311 e. The van der Waals surface area contributed by atoms with Crippen molar-refractivity contribution in [1.82, 2.24) is 5.43 Å². The number of nitro benzene ring substituents is 1. The molecule has 0 aliphatic carbocycles. The first kappa shape index (κ1) is 19.9. The average Bonchev–Trinajstić information content (AvgIpc) is 2.57. The van der Waals surface area contributed by atoms with E-state index in [0.29, 0.717) is 20.1 Å². The summed E-state index contributed by atoms with van der Waals surface area (Å²) in [6.07, 6.45) is 1.26. The number of rotatable bonds is 6. The highest BCUT2D eigenvalue weighted by Gasteiger charge is 2.16. The molecule has 2 aromatic carbocycles. The third-order valence-electron chi connectivity index (χ3n) is 3.12. The molecule has 2 aromatic rings. The number of nitrogens with one attached hydrogen (secondary N) is 1. The van der Waals surface area contributed by atoms with Crippen molar-refractivity contribution in [1.29, 1.82) is 0 Å². The maximum absolute atomic E-state index is 11.8. The van der Waals surface area contributed by atoms with E-state index in [2.05, 4.69) is 42.4 Å². The first-order valence-electron chi connectivity index (χ1n) is 7.15. The Bertz CT molecular complexity index is 886. The highest BCUT2D eigenvalue weighted by atomic mass is 79.9. The second-order valence-electron chi connectivity index (χ2n) is 5.14. The molecule has 0 saturated heterocycles. The Hall–Kier alpha value is -2.46. The zero-order valence-electron chi connectivity index (χ0n) is 13.4. The van der Waals surface area contributed by atoms with E-state index in [0.717, 1.165) is 0 Å². The van der Waals surface area contributed by atoms with Crippen LogP contribution in [0.15, 0.2) is 44.4 Å². The standard InChI is InChI=1S/C16H13Br2N3O5/c1-9-2-3-14(13(4-9)21(24)25)26-8-15(22)20-19-7-10-5-11(17)6-12(18)16(10)23/h2-7,23H,8H2,1H3,(H,20,22)/b19-7-. The van der Waals surface area contributed by atoms with Gasteiger partial charge in [-0.15, -0.1) is 0 Å². The third-order valence-corrected chi connectivity index (χ3v) is 4.18. The largest absolute Gasteiger partial charge is 0.506 e. The van der Waals surface area contributed by atoms with Gasteiger partial charge in [-0.1, -0.05) is 22.0 Å². The fourth-order valence-corrected chi connectivity index (χ4v) is 3.18. The van der Waals surface area contributed by atoms with Crippen molar-refractivity contribution in [2.75, 3.05) is 6.61 Å². The van der Waals surface area contributed by atoms with Crippen LogP contribution in [0.3, 0.4) is 0 Å². The molecule has 0 bridgehead atoms. The second kappa shape index (κ2) is 8.77. The fraction of sp³-hybridized carbons (Fsp3) is 0.125. The first-order chi connectivity index (χ1) is 12.3. The number of hydrogen-bond acceptors (Lipinski definition) is 6. The number of carbonyl (C=O) groups excluding carboxylic acids is 1. The Labute approximate surface area is 165 Å². The Morgan fingerprint density at radius 1 is 1.38 bits per heavy atom. The van der Waals surface area contributed by atoms with Crippen molar-refractivity contribution >= 4 is 49.7 Å². The van der Waals surface area contributed by atoms with Crippen LogP contribution in [0.1, 0.15) is 11.1 Å². The molecule has 0 heterocycles. The van der Waals surface area contributed by atoms with Crippen molar-refractivity contribution in [2.45, 2.75) is 6.92 Å². The van der Waals surface area contributed by atoms with E-state index in [1.165, 1.54) is 18.3 Å². The molecule has 136 valence electrons. The maximum atomic E-state index is 11.8. The number of carbonyl (C=O) groups is 1. The third kappa shape index (κ3) is 5.27. The van der Waals surface area contributed by atoms with Crippen LogP contribution < -0.4 is 10.2 Å². The molecule has 2 N–H and O–H groups in total. The lowest BCUT2D eigenvalue weighted by Crippen LogP contribution is -2.24. The van der Waals surface area contributed by atoms with Crippen molar-refractivity contribution < 1.29 is 19.6 Å². The molecule has 0 fully saturated rings. The van der Waals surface area contributed by atoms with Gasteiger partial charge < -0.3 is 9.84 Å². The molecule has 26 heavy (non-hydrogen) atoms. The van der Waals surface area contributed by atoms with E-state index in [9.17, 15) is 20.0 Å². The highest BCUT2D eigenvalue weighted by molar-refractivity contribution is 9.11. The molecule has 10 heteroatoms. The van der Waals surface area contributed by atoms with Gasteiger partial charge >= 0.3 is 5.69 Å². The average molecular weight is 487 g/mol. The van der Waals surface area contributed by atoms with E-state index in [4.69, 9.17) is 4.74 Å². The number of benzene rings is 2. The Morgan fingerprint density at radius 2 is 2.12 bits per heavy atom. The number of hydrogen-bond donors (Lipinski definition) is 2. The number of nitro groups is 1. The quantitative estimate of drug-likeness (QED) is 0.367. The number of amides is 1. The summed E-state index contributed by atoms with van der Waals surface area (Å²) in [5.74, 6) is -0.643. The predicted molar refractivity (Wildman–Crippen MR) is 103 cm³/mol. The normalized spacial score (nSPS) is 10.7. The van der Waals surface area contributed by atoms with Gasteiger partial charge in [-0.3, -0.25) is 14.9 Å². The first-order valence-corrected chi connectivity index (χ1v) is 8.74. The van der Waals surface area contributed by atoms with Gasteiger partial charge in [0, 0.05) is 16.1 Å². The molecule has 0 unspecified atom stereocenters. The molecule has 2 rings (SSSR count). The van der Waals surface area contributed by atoms with Crippen molar-refractivity contribution in [3.8, 4) is 11.5 Å². The number of phenolic OH excluding ortho intramolecular Hbond substituents is 1. The number of phenols is 1. The maximum Gasteiger partial charge on any atom is 0.311 e. The van der Waals surface area contributed by atoms with Crippen molar-refractivity contribution in [2.24, 2.45) is 5.10 Å². The summed E-state index contributed by atoms with van der Waals surface area (Å²) in [6.45, 7) is 1.27. The molecule has 8 nitrogen and oxygen atoms in total. The van der Waals surface area contributed by atoms with Gasteiger partial charge in [-0.25, -0.2) is 5.43 Å². The molecule has 0 aliphatic rings. The summed E-state index contributed by atoms with van der Waals surface area (Å²) in [6, 6.07) is 7.71. The van der Waals surface area contributed by atoms with E-state index < -0.39 is 17.4 Å². The Balaban J connectivity index is 1.97. The minimum atomic E-state index is -0.607. The number of halogens is 2. The van der Waals surface area contributed by atoms with Crippen LogP contribution in [0.4, 0.5) is 5.69 Å². The van der Waals surface area contributed by atoms with Crippen LogP contribution in [-0.4, -0.2) is 28.8 Å². The number of aromatic hydroxyl groups is 1. The van der Waals surface area contributed by atoms with Crippen molar-refractivity contribution in [3.63, 3.8) is 0 Å². The van der Waals surface area contributed by atoms with Gasteiger partial charge in [0.05, 0.1) is 15.6 Å². The topological polar surface area (TPSA) is 114 Å². The molecule has 0 atom stereocenters. The lowest BCUT2D eigenvalue weighted by Gasteiger charge is -2.06.